The number of ether oxygens (including phenoxy) is 1. The van der Waals surface area contributed by atoms with E-state index in [-0.39, 0.29) is 12.2 Å². The van der Waals surface area contributed by atoms with Gasteiger partial charge in [0.25, 0.3) is 0 Å². The second-order valence-electron chi connectivity index (χ2n) is 5.05. The molecule has 0 N–H and O–H groups in total. The van der Waals surface area contributed by atoms with Crippen molar-refractivity contribution in [1.82, 2.24) is 0 Å². The average Bonchev–Trinajstić information content (AvgIpc) is 2.54. The van der Waals surface area contributed by atoms with Crippen LogP contribution in [0.1, 0.15) is 24.5 Å². The van der Waals surface area contributed by atoms with E-state index in [1.54, 1.807) is 12.2 Å². The molecule has 0 spiro atoms. The van der Waals surface area contributed by atoms with Gasteiger partial charge in [0.1, 0.15) is 18.0 Å². The first-order valence-electron chi connectivity index (χ1n) is 7.33. The number of ketones is 1. The lowest BCUT2D eigenvalue weighted by molar-refractivity contribution is -0.141. The van der Waals surface area contributed by atoms with Crippen LogP contribution in [0.2, 0.25) is 0 Å². The van der Waals surface area contributed by atoms with E-state index in [1.807, 2.05) is 66.7 Å². The molecule has 0 heterocycles. The van der Waals surface area contributed by atoms with E-state index >= 15 is 0 Å². The Balaban J connectivity index is 2.20. The van der Waals surface area contributed by atoms with E-state index in [0.29, 0.717) is 5.76 Å². The Kier molecular flexibility index (Phi) is 6.07. The van der Waals surface area contributed by atoms with Crippen molar-refractivity contribution in [2.45, 2.75) is 13.3 Å². The van der Waals surface area contributed by atoms with Crippen LogP contribution in [0, 0.1) is 0 Å². The number of benzene rings is 2. The maximum Gasteiger partial charge on any atom is 0.318 e. The minimum Gasteiger partial charge on any atom is -0.426 e. The normalized spacial score (nSPS) is 11.4. The monoisotopic (exact) mass is 306 g/mol. The number of esters is 1. The van der Waals surface area contributed by atoms with E-state index in [2.05, 4.69) is 0 Å². The lowest BCUT2D eigenvalue weighted by atomic mass is 10.1. The highest BCUT2D eigenvalue weighted by atomic mass is 16.5. The van der Waals surface area contributed by atoms with Gasteiger partial charge in [-0.05, 0) is 30.2 Å². The Hall–Kier alpha value is -2.94. The number of allylic oxidation sites excluding steroid dienone is 1. The molecule has 0 saturated heterocycles. The van der Waals surface area contributed by atoms with E-state index in [9.17, 15) is 9.59 Å². The molecular formula is C20H18O3. The quantitative estimate of drug-likeness (QED) is 0.346. The van der Waals surface area contributed by atoms with Crippen molar-refractivity contribution < 1.29 is 14.3 Å². The lowest BCUT2D eigenvalue weighted by Gasteiger charge is -2.05. The van der Waals surface area contributed by atoms with Gasteiger partial charge in [0, 0.05) is 0 Å². The van der Waals surface area contributed by atoms with Gasteiger partial charge in [-0.3, -0.25) is 9.59 Å². The van der Waals surface area contributed by atoms with Crippen LogP contribution in [0.15, 0.2) is 72.5 Å². The lowest BCUT2D eigenvalue weighted by Crippen LogP contribution is -2.07. The largest absolute Gasteiger partial charge is 0.426 e. The summed E-state index contributed by atoms with van der Waals surface area (Å²) in [6, 6.07) is 19.3. The molecular weight excluding hydrogens is 288 g/mol. The molecule has 2 aromatic carbocycles. The minimum absolute atomic E-state index is 0.221. The summed E-state index contributed by atoms with van der Waals surface area (Å²) in [7, 11) is 0. The number of hydrogen-bond donors (Lipinski definition) is 0. The fourth-order valence-electron chi connectivity index (χ4n) is 1.94. The van der Waals surface area contributed by atoms with Gasteiger partial charge in [-0.15, -0.1) is 0 Å². The van der Waals surface area contributed by atoms with Crippen molar-refractivity contribution in [1.29, 1.82) is 0 Å². The summed E-state index contributed by atoms with van der Waals surface area (Å²) in [4.78, 5) is 22.8. The Labute approximate surface area is 135 Å². The molecule has 0 unspecified atom stereocenters. The molecule has 0 amide bonds. The highest BCUT2D eigenvalue weighted by Crippen LogP contribution is 2.12. The third-order valence-electron chi connectivity index (χ3n) is 2.97. The average molecular weight is 306 g/mol. The molecule has 0 fully saturated rings. The zero-order chi connectivity index (χ0) is 16.5. The smallest absolute Gasteiger partial charge is 0.318 e. The van der Waals surface area contributed by atoms with Crippen LogP contribution in [-0.4, -0.2) is 11.8 Å². The van der Waals surface area contributed by atoms with Crippen LogP contribution < -0.4 is 0 Å². The van der Waals surface area contributed by atoms with Gasteiger partial charge in [-0.2, -0.15) is 0 Å². The SMILES string of the molecule is CC(=O)CC(=O)OC(C=Cc1ccccc1)=Cc1ccccc1. The molecule has 0 aliphatic heterocycles. The molecule has 0 aliphatic carbocycles. The molecule has 0 saturated carbocycles. The molecule has 0 aromatic heterocycles. The molecule has 2 rings (SSSR count). The predicted molar refractivity (Wildman–Crippen MR) is 91.3 cm³/mol. The summed E-state index contributed by atoms with van der Waals surface area (Å²) in [5.74, 6) is -0.384. The highest BCUT2D eigenvalue weighted by molar-refractivity contribution is 5.94. The molecule has 3 heteroatoms. The van der Waals surface area contributed by atoms with Crippen LogP contribution in [-0.2, 0) is 14.3 Å². The number of carbonyl (C=O) groups excluding carboxylic acids is 2. The first kappa shape index (κ1) is 16.4. The minimum atomic E-state index is -0.558. The molecule has 0 bridgehead atoms. The van der Waals surface area contributed by atoms with Crippen LogP contribution in [0.25, 0.3) is 12.2 Å². The summed E-state index contributed by atoms with van der Waals surface area (Å²) in [6.07, 6.45) is 5.11. The number of carbonyl (C=O) groups is 2. The van der Waals surface area contributed by atoms with Crippen molar-refractivity contribution in [3.63, 3.8) is 0 Å². The second-order valence-corrected chi connectivity index (χ2v) is 5.05. The van der Waals surface area contributed by atoms with E-state index in [0.717, 1.165) is 11.1 Å². The Bertz CT molecular complexity index is 713. The number of Topliss-reactive ketones (excluding diaryl/α,β-unsaturated/α-hetero) is 1. The molecule has 0 atom stereocenters. The highest BCUT2D eigenvalue weighted by Gasteiger charge is 2.08. The van der Waals surface area contributed by atoms with E-state index in [1.165, 1.54) is 6.92 Å². The maximum absolute atomic E-state index is 11.7. The fraction of sp³-hybridized carbons (Fsp3) is 0.100. The van der Waals surface area contributed by atoms with Crippen LogP contribution in [0.5, 0.6) is 0 Å². The first-order chi connectivity index (χ1) is 11.1. The zero-order valence-electron chi connectivity index (χ0n) is 12.9. The van der Waals surface area contributed by atoms with Crippen molar-refractivity contribution in [3.05, 3.63) is 83.6 Å². The summed E-state index contributed by atoms with van der Waals surface area (Å²) < 4.78 is 5.30. The molecule has 116 valence electrons. The Morgan fingerprint density at radius 2 is 1.48 bits per heavy atom. The third kappa shape index (κ3) is 6.14. The van der Waals surface area contributed by atoms with Gasteiger partial charge in [0.2, 0.25) is 0 Å². The van der Waals surface area contributed by atoms with Crippen molar-refractivity contribution >= 4 is 23.9 Å². The van der Waals surface area contributed by atoms with Crippen molar-refractivity contribution in [2.24, 2.45) is 0 Å². The summed E-state index contributed by atoms with van der Waals surface area (Å²) in [5, 5.41) is 0. The zero-order valence-corrected chi connectivity index (χ0v) is 12.9. The molecule has 23 heavy (non-hydrogen) atoms. The third-order valence-corrected chi connectivity index (χ3v) is 2.97. The van der Waals surface area contributed by atoms with E-state index in [4.69, 9.17) is 4.74 Å². The molecule has 2 aromatic rings. The Morgan fingerprint density at radius 3 is 2.04 bits per heavy atom. The first-order valence-corrected chi connectivity index (χ1v) is 7.33. The van der Waals surface area contributed by atoms with Crippen molar-refractivity contribution in [3.8, 4) is 0 Å². The number of hydrogen-bond acceptors (Lipinski definition) is 3. The maximum atomic E-state index is 11.7. The van der Waals surface area contributed by atoms with Gasteiger partial charge in [0.05, 0.1) is 0 Å². The standard InChI is InChI=1S/C20H18O3/c1-16(21)14-20(22)23-19(15-18-10-6-3-7-11-18)13-12-17-8-4-2-5-9-17/h2-13,15H,14H2,1H3. The summed E-state index contributed by atoms with van der Waals surface area (Å²) in [6.45, 7) is 1.36. The molecule has 3 nitrogen and oxygen atoms in total. The van der Waals surface area contributed by atoms with Gasteiger partial charge < -0.3 is 4.74 Å². The van der Waals surface area contributed by atoms with E-state index < -0.39 is 5.97 Å². The second kappa shape index (κ2) is 8.49. The van der Waals surface area contributed by atoms with Gasteiger partial charge in [0.15, 0.2) is 0 Å². The summed E-state index contributed by atoms with van der Waals surface area (Å²) >= 11 is 0. The van der Waals surface area contributed by atoms with Crippen LogP contribution in [0.3, 0.4) is 0 Å². The van der Waals surface area contributed by atoms with Gasteiger partial charge in [-0.25, -0.2) is 0 Å². The topological polar surface area (TPSA) is 43.4 Å². The Morgan fingerprint density at radius 1 is 0.913 bits per heavy atom. The fourth-order valence-corrected chi connectivity index (χ4v) is 1.94. The van der Waals surface area contributed by atoms with Crippen molar-refractivity contribution in [2.75, 3.05) is 0 Å². The summed E-state index contributed by atoms with van der Waals surface area (Å²) in [5.41, 5.74) is 1.91. The molecule has 0 aliphatic rings. The van der Waals surface area contributed by atoms with Gasteiger partial charge in [-0.1, -0.05) is 66.7 Å². The predicted octanol–water partition coefficient (Wildman–Crippen LogP) is 4.26. The van der Waals surface area contributed by atoms with Gasteiger partial charge >= 0.3 is 5.97 Å². The van der Waals surface area contributed by atoms with Crippen LogP contribution >= 0.6 is 0 Å². The number of rotatable bonds is 6. The van der Waals surface area contributed by atoms with Crippen LogP contribution in [0.4, 0.5) is 0 Å². The molecule has 0 radical (unpaired) electrons.